The van der Waals surface area contributed by atoms with E-state index in [9.17, 15) is 0 Å². The summed E-state index contributed by atoms with van der Waals surface area (Å²) in [6, 6.07) is 0. The highest BCUT2D eigenvalue weighted by Crippen LogP contribution is 2.58. The van der Waals surface area contributed by atoms with Gasteiger partial charge < -0.3 is 0 Å². The van der Waals surface area contributed by atoms with Crippen LogP contribution in [-0.4, -0.2) is 14.0 Å². The molecule has 0 radical (unpaired) electrons. The first kappa shape index (κ1) is 12.9. The zero-order chi connectivity index (χ0) is 11.4. The number of allylic oxidation sites excluding steroid dienone is 2. The van der Waals surface area contributed by atoms with E-state index in [1.165, 1.54) is 11.1 Å². The average Bonchev–Trinajstić information content (AvgIpc) is 2.79. The molecule has 0 aromatic carbocycles. The molecule has 2 aliphatic carbocycles. The molecule has 2 rings (SSSR count). The zero-order valence-electron chi connectivity index (χ0n) is 7.49. The second kappa shape index (κ2) is 4.30. The second-order valence-corrected chi connectivity index (χ2v) is 7.95. The van der Waals surface area contributed by atoms with Crippen LogP contribution in [0.15, 0.2) is 11.1 Å². The first-order chi connectivity index (χ1) is 6.82. The van der Waals surface area contributed by atoms with Gasteiger partial charge in [0, 0.05) is 11.8 Å². The molecule has 15 heavy (non-hydrogen) atoms. The molecule has 2 aliphatic rings. The number of hydrogen-bond donors (Lipinski definition) is 0. The van der Waals surface area contributed by atoms with Crippen molar-refractivity contribution < 1.29 is 0 Å². The molecule has 3 atom stereocenters. The van der Waals surface area contributed by atoms with Gasteiger partial charge in [-0.2, -0.15) is 0 Å². The Morgan fingerprint density at radius 1 is 1.07 bits per heavy atom. The Labute approximate surface area is 119 Å². The van der Waals surface area contributed by atoms with E-state index in [1.807, 2.05) is 0 Å². The van der Waals surface area contributed by atoms with Gasteiger partial charge in [-0.05, 0) is 12.8 Å². The Morgan fingerprint density at radius 2 is 1.67 bits per heavy atom. The highest BCUT2D eigenvalue weighted by Gasteiger charge is 2.51. The van der Waals surface area contributed by atoms with E-state index in [1.54, 1.807) is 0 Å². The molecule has 0 spiro atoms. The lowest BCUT2D eigenvalue weighted by Gasteiger charge is -2.40. The lowest BCUT2D eigenvalue weighted by molar-refractivity contribution is 0.431. The summed E-state index contributed by atoms with van der Waals surface area (Å²) in [5, 5.41) is -0.176. The minimum absolute atomic E-state index is 0.1000. The molecule has 0 nitrogen and oxygen atoms in total. The highest BCUT2D eigenvalue weighted by atomic mass is 35.6. The number of rotatable bonds is 1. The second-order valence-electron chi connectivity index (χ2n) is 3.95. The van der Waals surface area contributed by atoms with Gasteiger partial charge in [0.1, 0.15) is 4.84 Å². The van der Waals surface area contributed by atoms with Crippen LogP contribution in [0.3, 0.4) is 0 Å². The summed E-state index contributed by atoms with van der Waals surface area (Å²) in [6.45, 7) is 0. The van der Waals surface area contributed by atoms with E-state index in [-0.39, 0.29) is 22.0 Å². The Bertz CT molecular complexity index is 302. The fourth-order valence-corrected chi connectivity index (χ4v) is 3.71. The molecule has 3 unspecified atom stereocenters. The molecule has 2 saturated carbocycles. The quantitative estimate of drug-likeness (QED) is 0.464. The van der Waals surface area contributed by atoms with E-state index in [0.29, 0.717) is 0 Å². The molecule has 6 heteroatoms. The van der Waals surface area contributed by atoms with Crippen molar-refractivity contribution in [2.75, 3.05) is 0 Å². The average molecular weight is 329 g/mol. The van der Waals surface area contributed by atoms with Crippen molar-refractivity contribution in [2.24, 2.45) is 11.8 Å². The van der Waals surface area contributed by atoms with Gasteiger partial charge in [-0.1, -0.05) is 45.9 Å². The first-order valence-corrected chi connectivity index (χ1v) is 6.97. The first-order valence-electron chi connectivity index (χ1n) is 4.53. The van der Waals surface area contributed by atoms with Gasteiger partial charge in [0.25, 0.3) is 0 Å². The molecule has 0 bridgehead atoms. The normalized spacial score (nSPS) is 40.6. The predicted octanol–water partition coefficient (Wildman–Crippen LogP) is 5.10. The Morgan fingerprint density at radius 3 is 2.00 bits per heavy atom. The maximum atomic E-state index is 6.17. The van der Waals surface area contributed by atoms with Crippen LogP contribution in [0, 0.1) is 11.8 Å². The fraction of sp³-hybridized carbons (Fsp3) is 0.778. The molecule has 0 aliphatic heterocycles. The smallest absolute Gasteiger partial charge is 0.118 e. The van der Waals surface area contributed by atoms with Crippen molar-refractivity contribution in [3.63, 3.8) is 0 Å². The van der Waals surface area contributed by atoms with E-state index >= 15 is 0 Å². The molecule has 0 aromatic rings. The summed E-state index contributed by atoms with van der Waals surface area (Å²) in [7, 11) is 0. The zero-order valence-corrected chi connectivity index (χ0v) is 12.0. The molecule has 0 aromatic heterocycles. The summed E-state index contributed by atoms with van der Waals surface area (Å²) in [5.74, 6) is 0.165. The van der Waals surface area contributed by atoms with Crippen molar-refractivity contribution in [2.45, 2.75) is 26.8 Å². The van der Waals surface area contributed by atoms with E-state index in [2.05, 4.69) is 0 Å². The minimum Gasteiger partial charge on any atom is -0.118 e. The van der Waals surface area contributed by atoms with Crippen molar-refractivity contribution in [1.29, 1.82) is 0 Å². The van der Waals surface area contributed by atoms with Crippen molar-refractivity contribution in [3.8, 4) is 0 Å². The summed E-state index contributed by atoms with van der Waals surface area (Å²) in [6.07, 6.45) is 1.68. The van der Waals surface area contributed by atoms with Crippen LogP contribution in [-0.2, 0) is 0 Å². The molecular weight excluding hydrogens is 321 g/mol. The van der Waals surface area contributed by atoms with Crippen LogP contribution >= 0.6 is 69.6 Å². The topological polar surface area (TPSA) is 0 Å². The third kappa shape index (κ3) is 2.51. The fourth-order valence-electron chi connectivity index (χ4n) is 1.91. The van der Waals surface area contributed by atoms with Gasteiger partial charge in [0.05, 0.1) is 5.38 Å². The van der Waals surface area contributed by atoms with Gasteiger partial charge in [-0.25, -0.2) is 0 Å². The molecule has 2 fully saturated rings. The van der Waals surface area contributed by atoms with Crippen LogP contribution in [0.1, 0.15) is 12.8 Å². The lowest BCUT2D eigenvalue weighted by Crippen LogP contribution is -2.39. The largest absolute Gasteiger partial charge is 0.195 e. The van der Waals surface area contributed by atoms with Gasteiger partial charge in [-0.15, -0.1) is 34.8 Å². The Hall–Kier alpha value is 1.48. The van der Waals surface area contributed by atoms with E-state index in [4.69, 9.17) is 69.6 Å². The van der Waals surface area contributed by atoms with E-state index < -0.39 is 3.79 Å². The standard InChI is InChI=1S/C9H8Cl6/c10-7-4(2-6(7)9(13,14)15)3-1-5(3)8(11)12/h5-8H,1-2H2. The monoisotopic (exact) mass is 326 g/mol. The summed E-state index contributed by atoms with van der Waals surface area (Å²) in [4.78, 5) is -0.344. The molecule has 0 heterocycles. The maximum Gasteiger partial charge on any atom is 0.195 e. The van der Waals surface area contributed by atoms with Crippen LogP contribution in [0.2, 0.25) is 0 Å². The molecular formula is C9H8Cl6. The minimum atomic E-state index is -1.28. The van der Waals surface area contributed by atoms with Crippen molar-refractivity contribution in [3.05, 3.63) is 11.1 Å². The van der Waals surface area contributed by atoms with Crippen molar-refractivity contribution >= 4 is 69.6 Å². The number of halogens is 6. The summed E-state index contributed by atoms with van der Waals surface area (Å²) < 4.78 is -1.28. The van der Waals surface area contributed by atoms with Crippen LogP contribution in [0.4, 0.5) is 0 Å². The highest BCUT2D eigenvalue weighted by molar-refractivity contribution is 6.68. The Balaban J connectivity index is 2.02. The molecule has 86 valence electrons. The molecule has 0 saturated heterocycles. The lowest BCUT2D eigenvalue weighted by atomic mass is 9.79. The molecule has 0 amide bonds. The van der Waals surface area contributed by atoms with Crippen molar-refractivity contribution in [1.82, 2.24) is 0 Å². The summed E-state index contributed by atoms with van der Waals surface area (Å²) >= 11 is 35.1. The SMILES string of the molecule is ClC(Cl)C1CC1=C1CC(C(Cl)(Cl)Cl)C1Cl. The van der Waals surface area contributed by atoms with Crippen LogP contribution < -0.4 is 0 Å². The third-order valence-electron chi connectivity index (χ3n) is 2.99. The van der Waals surface area contributed by atoms with E-state index in [0.717, 1.165) is 12.8 Å². The maximum absolute atomic E-state index is 6.17. The van der Waals surface area contributed by atoms with Gasteiger partial charge >= 0.3 is 0 Å². The van der Waals surface area contributed by atoms with Gasteiger partial charge in [0.15, 0.2) is 3.79 Å². The third-order valence-corrected chi connectivity index (χ3v) is 5.01. The summed E-state index contributed by atoms with van der Waals surface area (Å²) in [5.41, 5.74) is 2.43. The van der Waals surface area contributed by atoms with Gasteiger partial charge in [-0.3, -0.25) is 0 Å². The van der Waals surface area contributed by atoms with Gasteiger partial charge in [0.2, 0.25) is 0 Å². The predicted molar refractivity (Wildman–Crippen MR) is 68.7 cm³/mol. The number of alkyl halides is 6. The Kier molecular flexibility index (Phi) is 3.70. The van der Waals surface area contributed by atoms with Crippen LogP contribution in [0.5, 0.6) is 0 Å². The molecule has 0 N–H and O–H groups in total. The van der Waals surface area contributed by atoms with Crippen LogP contribution in [0.25, 0.3) is 0 Å². The number of hydrogen-bond acceptors (Lipinski definition) is 0.